The number of alkyl carbamates (subject to hydrolysis) is 1. The third kappa shape index (κ3) is 4.31. The summed E-state index contributed by atoms with van der Waals surface area (Å²) in [5, 5.41) is 12.0. The highest BCUT2D eigenvalue weighted by Crippen LogP contribution is 2.44. The van der Waals surface area contributed by atoms with Gasteiger partial charge in [-0.1, -0.05) is 67.8 Å². The zero-order chi connectivity index (χ0) is 20.1. The average molecular weight is 395 g/mol. The number of nitrogens with one attached hydrogen (secondary N) is 1. The molecule has 0 saturated heterocycles. The molecule has 154 valence electrons. The molecule has 0 aromatic heterocycles. The van der Waals surface area contributed by atoms with Crippen LogP contribution < -0.4 is 5.32 Å². The second-order valence-electron chi connectivity index (χ2n) is 7.99. The summed E-state index contributed by atoms with van der Waals surface area (Å²) in [6.45, 7) is 1.02. The predicted molar refractivity (Wildman–Crippen MR) is 112 cm³/mol. The van der Waals surface area contributed by atoms with Gasteiger partial charge in [-0.15, -0.1) is 0 Å². The fourth-order valence-electron chi connectivity index (χ4n) is 4.71. The molecule has 2 aliphatic carbocycles. The molecule has 4 rings (SSSR count). The lowest BCUT2D eigenvalue weighted by Crippen LogP contribution is -2.47. The van der Waals surface area contributed by atoms with Crippen LogP contribution in [-0.4, -0.2) is 43.2 Å². The molecule has 0 atom stereocenters. The molecule has 29 heavy (non-hydrogen) atoms. The number of ether oxygens (including phenoxy) is 2. The van der Waals surface area contributed by atoms with Crippen LogP contribution in [0.25, 0.3) is 11.1 Å². The molecular formula is C24H29NO4. The van der Waals surface area contributed by atoms with E-state index in [1.807, 2.05) is 24.3 Å². The number of hydrogen-bond donors (Lipinski definition) is 2. The quantitative estimate of drug-likeness (QED) is 0.736. The van der Waals surface area contributed by atoms with E-state index in [1.54, 1.807) is 0 Å². The van der Waals surface area contributed by atoms with Crippen molar-refractivity contribution in [3.63, 3.8) is 0 Å². The van der Waals surface area contributed by atoms with Crippen LogP contribution in [0.2, 0.25) is 0 Å². The van der Waals surface area contributed by atoms with Crippen molar-refractivity contribution >= 4 is 6.09 Å². The monoisotopic (exact) mass is 395 g/mol. The van der Waals surface area contributed by atoms with E-state index in [0.29, 0.717) is 19.8 Å². The molecule has 0 unspecified atom stereocenters. The molecule has 0 aliphatic heterocycles. The largest absolute Gasteiger partial charge is 0.449 e. The summed E-state index contributed by atoms with van der Waals surface area (Å²) >= 11 is 0. The first kappa shape index (κ1) is 19.9. The molecular weight excluding hydrogens is 366 g/mol. The fraction of sp³-hybridized carbons (Fsp3) is 0.458. The topological polar surface area (TPSA) is 67.8 Å². The molecule has 2 aliphatic rings. The lowest BCUT2D eigenvalue weighted by molar-refractivity contribution is -0.0779. The number of hydrogen-bond acceptors (Lipinski definition) is 4. The van der Waals surface area contributed by atoms with Crippen molar-refractivity contribution in [1.82, 2.24) is 5.32 Å². The summed E-state index contributed by atoms with van der Waals surface area (Å²) in [5.41, 5.74) is 4.46. The van der Waals surface area contributed by atoms with Gasteiger partial charge in [-0.05, 0) is 35.1 Å². The Balaban J connectivity index is 1.37. The summed E-state index contributed by atoms with van der Waals surface area (Å²) < 4.78 is 11.5. The van der Waals surface area contributed by atoms with Gasteiger partial charge in [0.25, 0.3) is 0 Å². The van der Waals surface area contributed by atoms with Gasteiger partial charge in [0.15, 0.2) is 0 Å². The van der Waals surface area contributed by atoms with Crippen LogP contribution in [0.4, 0.5) is 4.79 Å². The Kier molecular flexibility index (Phi) is 6.16. The van der Waals surface area contributed by atoms with Crippen LogP contribution in [0.5, 0.6) is 0 Å². The molecule has 1 fully saturated rings. The molecule has 5 heteroatoms. The Morgan fingerprint density at radius 3 is 2.24 bits per heavy atom. The highest BCUT2D eigenvalue weighted by atomic mass is 16.5. The number of carbonyl (C=O) groups excluding carboxylic acids is 1. The predicted octanol–water partition coefficient (Wildman–Crippen LogP) is 4.24. The summed E-state index contributed by atoms with van der Waals surface area (Å²) in [7, 11) is 0. The third-order valence-corrected chi connectivity index (χ3v) is 6.16. The van der Waals surface area contributed by atoms with Crippen LogP contribution in [0, 0.1) is 0 Å². The number of aliphatic hydroxyl groups is 1. The van der Waals surface area contributed by atoms with Gasteiger partial charge >= 0.3 is 6.09 Å². The van der Waals surface area contributed by atoms with Crippen LogP contribution in [0.15, 0.2) is 48.5 Å². The molecule has 2 N–H and O–H groups in total. The number of rotatable bonds is 7. The number of aliphatic hydroxyl groups excluding tert-OH is 1. The maximum atomic E-state index is 12.4. The lowest BCUT2D eigenvalue weighted by atomic mass is 9.84. The van der Waals surface area contributed by atoms with Crippen molar-refractivity contribution in [1.29, 1.82) is 0 Å². The van der Waals surface area contributed by atoms with Crippen molar-refractivity contribution in [3.8, 4) is 11.1 Å². The minimum atomic E-state index is -0.413. The number of benzene rings is 2. The van der Waals surface area contributed by atoms with Gasteiger partial charge in [0.2, 0.25) is 0 Å². The first-order valence-corrected chi connectivity index (χ1v) is 10.6. The molecule has 1 amide bonds. The first-order chi connectivity index (χ1) is 14.2. The van der Waals surface area contributed by atoms with E-state index in [0.717, 1.165) is 25.7 Å². The molecule has 1 saturated carbocycles. The SMILES string of the molecule is O=C(NCC1(OCCO)CCCCC1)OCC1c2ccccc2-c2ccccc21. The average Bonchev–Trinajstić information content (AvgIpc) is 3.09. The summed E-state index contributed by atoms with van der Waals surface area (Å²) in [6, 6.07) is 16.6. The highest BCUT2D eigenvalue weighted by molar-refractivity contribution is 5.79. The van der Waals surface area contributed by atoms with E-state index in [-0.39, 0.29) is 18.1 Å². The van der Waals surface area contributed by atoms with Gasteiger partial charge < -0.3 is 19.9 Å². The molecule has 5 nitrogen and oxygen atoms in total. The first-order valence-electron chi connectivity index (χ1n) is 10.6. The highest BCUT2D eigenvalue weighted by Gasteiger charge is 2.34. The Bertz CT molecular complexity index is 799. The van der Waals surface area contributed by atoms with Crippen molar-refractivity contribution in [2.24, 2.45) is 0 Å². The maximum Gasteiger partial charge on any atom is 0.407 e. The third-order valence-electron chi connectivity index (χ3n) is 6.16. The summed E-state index contributed by atoms with van der Waals surface area (Å²) in [5.74, 6) is 0.0578. The van der Waals surface area contributed by atoms with Gasteiger partial charge in [0.05, 0.1) is 18.8 Å². The Morgan fingerprint density at radius 2 is 1.62 bits per heavy atom. The van der Waals surface area contributed by atoms with Gasteiger partial charge in [0.1, 0.15) is 6.61 Å². The fourth-order valence-corrected chi connectivity index (χ4v) is 4.71. The van der Waals surface area contributed by atoms with E-state index in [9.17, 15) is 4.79 Å². The minimum absolute atomic E-state index is 0.00725. The summed E-state index contributed by atoms with van der Waals surface area (Å²) in [6.07, 6.45) is 4.74. The van der Waals surface area contributed by atoms with Crippen LogP contribution in [0.3, 0.4) is 0 Å². The van der Waals surface area contributed by atoms with Crippen LogP contribution in [0.1, 0.15) is 49.1 Å². The second kappa shape index (κ2) is 8.97. The smallest absolute Gasteiger partial charge is 0.407 e. The van der Waals surface area contributed by atoms with E-state index in [1.165, 1.54) is 28.7 Å². The van der Waals surface area contributed by atoms with Crippen molar-refractivity contribution in [2.75, 3.05) is 26.4 Å². The second-order valence-corrected chi connectivity index (χ2v) is 7.99. The van der Waals surface area contributed by atoms with Gasteiger partial charge in [-0.2, -0.15) is 0 Å². The van der Waals surface area contributed by atoms with Crippen molar-refractivity contribution in [2.45, 2.75) is 43.6 Å². The normalized spacial score (nSPS) is 17.4. The van der Waals surface area contributed by atoms with E-state index in [4.69, 9.17) is 14.6 Å². The molecule has 0 heterocycles. The van der Waals surface area contributed by atoms with Crippen molar-refractivity contribution in [3.05, 3.63) is 59.7 Å². The molecule has 0 spiro atoms. The minimum Gasteiger partial charge on any atom is -0.449 e. The Labute approximate surface area is 172 Å². The van der Waals surface area contributed by atoms with E-state index >= 15 is 0 Å². The van der Waals surface area contributed by atoms with Gasteiger partial charge in [0, 0.05) is 12.5 Å². The lowest BCUT2D eigenvalue weighted by Gasteiger charge is -2.37. The van der Waals surface area contributed by atoms with Crippen LogP contribution in [-0.2, 0) is 9.47 Å². The standard InChI is InChI=1S/C24H29NO4/c26-14-15-29-24(12-6-1-7-13-24)17-25-23(27)28-16-22-20-10-4-2-8-18(20)19-9-3-5-11-21(19)22/h2-5,8-11,22,26H,1,6-7,12-17H2,(H,25,27). The molecule has 0 radical (unpaired) electrons. The zero-order valence-corrected chi connectivity index (χ0v) is 16.7. The van der Waals surface area contributed by atoms with Gasteiger partial charge in [-0.25, -0.2) is 4.79 Å². The number of amides is 1. The number of fused-ring (bicyclic) bond motifs is 3. The van der Waals surface area contributed by atoms with Crippen LogP contribution >= 0.6 is 0 Å². The molecule has 0 bridgehead atoms. The summed E-state index contributed by atoms with van der Waals surface area (Å²) in [4.78, 5) is 12.4. The molecule has 2 aromatic rings. The van der Waals surface area contributed by atoms with E-state index < -0.39 is 6.09 Å². The molecule has 2 aromatic carbocycles. The maximum absolute atomic E-state index is 12.4. The Morgan fingerprint density at radius 1 is 1.00 bits per heavy atom. The Hall–Kier alpha value is -2.37. The zero-order valence-electron chi connectivity index (χ0n) is 16.7. The van der Waals surface area contributed by atoms with Gasteiger partial charge in [-0.3, -0.25) is 0 Å². The van der Waals surface area contributed by atoms with E-state index in [2.05, 4.69) is 29.6 Å². The number of carbonyl (C=O) groups is 1. The van der Waals surface area contributed by atoms with Crippen molar-refractivity contribution < 1.29 is 19.4 Å².